The van der Waals surface area contributed by atoms with Gasteiger partial charge in [0, 0.05) is 28.8 Å². The number of hydrogen-bond donors (Lipinski definition) is 1. The Bertz CT molecular complexity index is 984. The molecule has 0 aliphatic carbocycles. The second-order valence-electron chi connectivity index (χ2n) is 5.69. The molecule has 0 aliphatic rings. The molecule has 3 aromatic rings. The maximum atomic E-state index is 12.8. The Morgan fingerprint density at radius 1 is 1.21 bits per heavy atom. The molecule has 122 valence electrons. The van der Waals surface area contributed by atoms with Crippen molar-refractivity contribution in [3.8, 4) is 11.3 Å². The summed E-state index contributed by atoms with van der Waals surface area (Å²) in [4.78, 5) is 24.6. The van der Waals surface area contributed by atoms with E-state index in [0.29, 0.717) is 27.4 Å². The van der Waals surface area contributed by atoms with Crippen LogP contribution in [-0.4, -0.2) is 20.5 Å². The topological polar surface area (TPSA) is 67.8 Å². The van der Waals surface area contributed by atoms with Crippen molar-refractivity contribution in [1.82, 2.24) is 14.8 Å². The highest BCUT2D eigenvalue weighted by Crippen LogP contribution is 2.27. The molecule has 24 heavy (non-hydrogen) atoms. The van der Waals surface area contributed by atoms with Crippen LogP contribution in [0.25, 0.3) is 11.3 Å². The lowest BCUT2D eigenvalue weighted by molar-refractivity contribution is 0.103. The molecule has 0 radical (unpaired) electrons. The Morgan fingerprint density at radius 2 is 1.88 bits per heavy atom. The number of halogens is 1. The molecule has 0 fully saturated rings. The first kappa shape index (κ1) is 16.2. The third kappa shape index (κ3) is 2.67. The first-order valence-electron chi connectivity index (χ1n) is 7.41. The van der Waals surface area contributed by atoms with E-state index in [1.54, 1.807) is 42.0 Å². The van der Waals surface area contributed by atoms with Gasteiger partial charge in [0.15, 0.2) is 0 Å². The fraction of sp³-hybridized carbons (Fsp3) is 0.167. The third-order valence-corrected chi connectivity index (χ3v) is 4.38. The van der Waals surface area contributed by atoms with Gasteiger partial charge in [0.25, 0.3) is 5.56 Å². The van der Waals surface area contributed by atoms with Gasteiger partial charge in [0.2, 0.25) is 5.78 Å². The highest BCUT2D eigenvalue weighted by atomic mass is 35.5. The van der Waals surface area contributed by atoms with E-state index in [2.05, 4.69) is 10.2 Å². The largest absolute Gasteiger partial charge is 0.341 e. The van der Waals surface area contributed by atoms with Crippen LogP contribution in [0.3, 0.4) is 0 Å². The number of H-pyrrole nitrogens is 1. The average molecular weight is 342 g/mol. The van der Waals surface area contributed by atoms with Gasteiger partial charge in [-0.05, 0) is 49.7 Å². The second kappa shape index (κ2) is 6.09. The SMILES string of the molecule is Cc1cc(-c2cn[nH]c(=O)c2C)n(C)c1C(=O)c1ccc(Cl)cc1. The van der Waals surface area contributed by atoms with Crippen molar-refractivity contribution in [3.63, 3.8) is 0 Å². The summed E-state index contributed by atoms with van der Waals surface area (Å²) in [5, 5.41) is 6.86. The van der Waals surface area contributed by atoms with Crippen LogP contribution < -0.4 is 5.56 Å². The van der Waals surface area contributed by atoms with Crippen molar-refractivity contribution in [2.45, 2.75) is 13.8 Å². The molecule has 0 saturated heterocycles. The summed E-state index contributed by atoms with van der Waals surface area (Å²) >= 11 is 5.89. The van der Waals surface area contributed by atoms with Crippen molar-refractivity contribution in [1.29, 1.82) is 0 Å². The fourth-order valence-electron chi connectivity index (χ4n) is 2.80. The number of ketones is 1. The smallest absolute Gasteiger partial charge is 0.267 e. The maximum Gasteiger partial charge on any atom is 0.267 e. The van der Waals surface area contributed by atoms with Crippen LogP contribution in [0.1, 0.15) is 27.2 Å². The molecule has 2 aromatic heterocycles. The second-order valence-corrected chi connectivity index (χ2v) is 6.13. The van der Waals surface area contributed by atoms with E-state index in [9.17, 15) is 9.59 Å². The van der Waals surface area contributed by atoms with Crippen molar-refractivity contribution >= 4 is 17.4 Å². The predicted octanol–water partition coefficient (Wildman–Crippen LogP) is 3.28. The molecule has 0 aliphatic heterocycles. The van der Waals surface area contributed by atoms with Crippen LogP contribution >= 0.6 is 11.6 Å². The van der Waals surface area contributed by atoms with E-state index in [4.69, 9.17) is 11.6 Å². The Kier molecular flexibility index (Phi) is 4.11. The molecule has 0 spiro atoms. The minimum Gasteiger partial charge on any atom is -0.341 e. The minimum absolute atomic E-state index is 0.0895. The molecule has 0 saturated carbocycles. The van der Waals surface area contributed by atoms with Crippen LogP contribution in [-0.2, 0) is 7.05 Å². The molecular formula is C18H16ClN3O2. The summed E-state index contributed by atoms with van der Waals surface area (Å²) in [6.45, 7) is 3.61. The third-order valence-electron chi connectivity index (χ3n) is 4.13. The number of carbonyl (C=O) groups is 1. The zero-order chi connectivity index (χ0) is 17.4. The van der Waals surface area contributed by atoms with Crippen molar-refractivity contribution in [3.05, 3.63) is 74.3 Å². The summed E-state index contributed by atoms with van der Waals surface area (Å²) in [6.07, 6.45) is 1.60. The zero-order valence-electron chi connectivity index (χ0n) is 13.6. The predicted molar refractivity (Wildman–Crippen MR) is 93.6 cm³/mol. The van der Waals surface area contributed by atoms with Gasteiger partial charge in [0.1, 0.15) is 0 Å². The number of rotatable bonds is 3. The molecule has 1 N–H and O–H groups in total. The number of nitrogens with zero attached hydrogens (tertiary/aromatic N) is 2. The van der Waals surface area contributed by atoms with E-state index in [1.807, 2.05) is 20.0 Å². The lowest BCUT2D eigenvalue weighted by atomic mass is 10.1. The van der Waals surface area contributed by atoms with Gasteiger partial charge in [-0.3, -0.25) is 9.59 Å². The van der Waals surface area contributed by atoms with Crippen molar-refractivity contribution in [2.75, 3.05) is 0 Å². The highest BCUT2D eigenvalue weighted by Gasteiger charge is 2.20. The molecule has 0 atom stereocenters. The van der Waals surface area contributed by atoms with Gasteiger partial charge in [-0.1, -0.05) is 11.6 Å². The summed E-state index contributed by atoms with van der Waals surface area (Å²) in [5.41, 5.74) is 3.79. The Morgan fingerprint density at radius 3 is 2.54 bits per heavy atom. The molecule has 0 unspecified atom stereocenters. The van der Waals surface area contributed by atoms with E-state index in [0.717, 1.165) is 11.3 Å². The molecule has 5 nitrogen and oxygen atoms in total. The summed E-state index contributed by atoms with van der Waals surface area (Å²) in [6, 6.07) is 8.69. The summed E-state index contributed by atoms with van der Waals surface area (Å²) in [5.74, 6) is -0.0895. The van der Waals surface area contributed by atoms with Gasteiger partial charge in [-0.2, -0.15) is 5.10 Å². The Balaban J connectivity index is 2.13. The van der Waals surface area contributed by atoms with Crippen LogP contribution in [0.4, 0.5) is 0 Å². The number of aromatic nitrogens is 3. The van der Waals surface area contributed by atoms with Crippen molar-refractivity contribution in [2.24, 2.45) is 7.05 Å². The van der Waals surface area contributed by atoms with Crippen LogP contribution in [0.15, 0.2) is 41.3 Å². The quantitative estimate of drug-likeness (QED) is 0.743. The Hall–Kier alpha value is -2.66. The van der Waals surface area contributed by atoms with E-state index < -0.39 is 0 Å². The molecule has 2 heterocycles. The summed E-state index contributed by atoms with van der Waals surface area (Å²) in [7, 11) is 1.81. The van der Waals surface area contributed by atoms with Crippen molar-refractivity contribution < 1.29 is 4.79 Å². The van der Waals surface area contributed by atoms with E-state index >= 15 is 0 Å². The van der Waals surface area contributed by atoms with Gasteiger partial charge in [0.05, 0.1) is 17.6 Å². The maximum absolute atomic E-state index is 12.8. The number of benzene rings is 1. The molecular weight excluding hydrogens is 326 g/mol. The molecule has 1 aromatic carbocycles. The zero-order valence-corrected chi connectivity index (χ0v) is 14.3. The average Bonchev–Trinajstić information content (AvgIpc) is 2.85. The first-order valence-corrected chi connectivity index (χ1v) is 7.79. The van der Waals surface area contributed by atoms with E-state index in [-0.39, 0.29) is 11.3 Å². The number of carbonyl (C=O) groups excluding carboxylic acids is 1. The lowest BCUT2D eigenvalue weighted by Crippen LogP contribution is -2.14. The number of hydrogen-bond acceptors (Lipinski definition) is 3. The molecule has 6 heteroatoms. The number of aryl methyl sites for hydroxylation is 1. The first-order chi connectivity index (χ1) is 11.4. The molecule has 3 rings (SSSR count). The standard InChI is InChI=1S/C18H16ClN3O2/c1-10-8-15(14-9-20-21-18(24)11(14)2)22(3)16(10)17(23)12-4-6-13(19)7-5-12/h4-9H,1-3H3,(H,21,24). The van der Waals surface area contributed by atoms with Gasteiger partial charge in [-0.25, -0.2) is 5.10 Å². The van der Waals surface area contributed by atoms with Gasteiger partial charge >= 0.3 is 0 Å². The minimum atomic E-state index is -0.239. The molecule has 0 bridgehead atoms. The number of nitrogens with one attached hydrogen (secondary N) is 1. The Labute approximate surface area is 143 Å². The number of aromatic amines is 1. The van der Waals surface area contributed by atoms with E-state index in [1.165, 1.54) is 0 Å². The van der Waals surface area contributed by atoms with Crippen LogP contribution in [0.2, 0.25) is 5.02 Å². The van der Waals surface area contributed by atoms with Crippen LogP contribution in [0.5, 0.6) is 0 Å². The summed E-state index contributed by atoms with van der Waals surface area (Å²) < 4.78 is 1.80. The molecule has 0 amide bonds. The fourth-order valence-corrected chi connectivity index (χ4v) is 2.93. The lowest BCUT2D eigenvalue weighted by Gasteiger charge is -2.09. The van der Waals surface area contributed by atoms with Gasteiger partial charge in [-0.15, -0.1) is 0 Å². The van der Waals surface area contributed by atoms with Crippen LogP contribution in [0, 0.1) is 13.8 Å². The normalized spacial score (nSPS) is 10.8. The monoisotopic (exact) mass is 341 g/mol. The van der Waals surface area contributed by atoms with Gasteiger partial charge < -0.3 is 4.57 Å². The highest BCUT2D eigenvalue weighted by molar-refractivity contribution is 6.30.